The first-order valence-electron chi connectivity index (χ1n) is 8.84. The lowest BCUT2D eigenvalue weighted by atomic mass is 9.88. The van der Waals surface area contributed by atoms with E-state index in [1.54, 1.807) is 4.90 Å². The van der Waals surface area contributed by atoms with Crippen LogP contribution in [-0.2, 0) is 9.53 Å². The minimum atomic E-state index is -0.816. The number of carbonyl (C=O) groups is 2. The van der Waals surface area contributed by atoms with Gasteiger partial charge >= 0.3 is 12.0 Å². The molecule has 0 bridgehead atoms. The summed E-state index contributed by atoms with van der Waals surface area (Å²) in [4.78, 5) is 25.0. The number of aliphatic carboxylic acids is 1. The average molecular weight is 326 g/mol. The molecule has 6 heteroatoms. The van der Waals surface area contributed by atoms with Crippen molar-refractivity contribution in [3.8, 4) is 0 Å². The fourth-order valence-corrected chi connectivity index (χ4v) is 3.71. The Labute approximate surface area is 138 Å². The van der Waals surface area contributed by atoms with Crippen LogP contribution >= 0.6 is 0 Å². The van der Waals surface area contributed by atoms with E-state index in [9.17, 15) is 9.59 Å². The molecule has 6 nitrogen and oxygen atoms in total. The van der Waals surface area contributed by atoms with Gasteiger partial charge in [-0.05, 0) is 31.1 Å². The summed E-state index contributed by atoms with van der Waals surface area (Å²) >= 11 is 0. The molecule has 1 aliphatic carbocycles. The normalized spacial score (nSPS) is 31.7. The number of rotatable bonds is 5. The standard InChI is InChI=1S/C17H30N2O4/c1-12-9-14(16(20)21)11-19(10-12)17(22)18-7-8-23-15-6-4-3-5-13(15)2/h12-15H,3-11H2,1-2H3,(H,18,22)(H,20,21). The number of likely N-dealkylation sites (tertiary alicyclic amines) is 1. The van der Waals surface area contributed by atoms with Crippen LogP contribution < -0.4 is 5.32 Å². The molecular formula is C17H30N2O4. The van der Waals surface area contributed by atoms with E-state index >= 15 is 0 Å². The van der Waals surface area contributed by atoms with E-state index in [0.717, 1.165) is 6.42 Å². The molecule has 2 N–H and O–H groups in total. The SMILES string of the molecule is CC1CC(C(=O)O)CN(C(=O)NCCOC2CCCCC2C)C1. The first-order chi connectivity index (χ1) is 11.0. The van der Waals surface area contributed by atoms with Gasteiger partial charge in [-0.2, -0.15) is 0 Å². The van der Waals surface area contributed by atoms with E-state index in [1.807, 2.05) is 6.92 Å². The Balaban J connectivity index is 1.68. The highest BCUT2D eigenvalue weighted by atomic mass is 16.5. The fraction of sp³-hybridized carbons (Fsp3) is 0.882. The molecule has 2 fully saturated rings. The lowest BCUT2D eigenvalue weighted by molar-refractivity contribution is -0.143. The quantitative estimate of drug-likeness (QED) is 0.760. The summed E-state index contributed by atoms with van der Waals surface area (Å²) in [6, 6.07) is -0.178. The van der Waals surface area contributed by atoms with Gasteiger partial charge in [-0.3, -0.25) is 4.79 Å². The van der Waals surface area contributed by atoms with E-state index in [4.69, 9.17) is 9.84 Å². The number of hydrogen-bond acceptors (Lipinski definition) is 3. The van der Waals surface area contributed by atoms with Crippen molar-refractivity contribution >= 4 is 12.0 Å². The zero-order valence-corrected chi connectivity index (χ0v) is 14.3. The zero-order valence-electron chi connectivity index (χ0n) is 14.3. The Morgan fingerprint density at radius 2 is 1.96 bits per heavy atom. The molecule has 4 atom stereocenters. The number of carbonyl (C=O) groups excluding carboxylic acids is 1. The van der Waals surface area contributed by atoms with Crippen molar-refractivity contribution < 1.29 is 19.4 Å². The highest BCUT2D eigenvalue weighted by molar-refractivity contribution is 5.76. The topological polar surface area (TPSA) is 78.9 Å². The molecule has 1 saturated heterocycles. The van der Waals surface area contributed by atoms with Crippen LogP contribution in [0.1, 0.15) is 46.0 Å². The Kier molecular flexibility index (Phi) is 6.69. The largest absolute Gasteiger partial charge is 0.481 e. The third kappa shape index (κ3) is 5.37. The molecule has 0 aromatic rings. The lowest BCUT2D eigenvalue weighted by Gasteiger charge is -2.34. The maximum Gasteiger partial charge on any atom is 0.317 e. The van der Waals surface area contributed by atoms with Gasteiger partial charge in [-0.15, -0.1) is 0 Å². The third-order valence-corrected chi connectivity index (χ3v) is 5.04. The number of nitrogens with one attached hydrogen (secondary N) is 1. The highest BCUT2D eigenvalue weighted by Crippen LogP contribution is 2.26. The second-order valence-electron chi connectivity index (χ2n) is 7.18. The Morgan fingerprint density at radius 3 is 2.65 bits per heavy atom. The maximum absolute atomic E-state index is 12.2. The second-order valence-corrected chi connectivity index (χ2v) is 7.18. The van der Waals surface area contributed by atoms with Crippen LogP contribution in [0.3, 0.4) is 0 Å². The number of ether oxygens (including phenoxy) is 1. The molecule has 2 rings (SSSR count). The Hall–Kier alpha value is -1.30. The van der Waals surface area contributed by atoms with Gasteiger partial charge in [0.05, 0.1) is 18.6 Å². The number of hydrogen-bond donors (Lipinski definition) is 2. The van der Waals surface area contributed by atoms with Crippen molar-refractivity contribution in [2.75, 3.05) is 26.2 Å². The molecule has 4 unspecified atom stereocenters. The van der Waals surface area contributed by atoms with Gasteiger partial charge in [0.2, 0.25) is 0 Å². The van der Waals surface area contributed by atoms with Crippen LogP contribution in [0.4, 0.5) is 4.79 Å². The van der Waals surface area contributed by atoms with Crippen LogP contribution in [-0.4, -0.2) is 54.4 Å². The van der Waals surface area contributed by atoms with Crippen molar-refractivity contribution in [3.63, 3.8) is 0 Å². The van der Waals surface area contributed by atoms with Gasteiger partial charge in [-0.1, -0.05) is 26.7 Å². The number of piperidine rings is 1. The fourth-order valence-electron chi connectivity index (χ4n) is 3.71. The molecule has 1 aliphatic heterocycles. The van der Waals surface area contributed by atoms with Crippen molar-refractivity contribution in [3.05, 3.63) is 0 Å². The molecule has 132 valence electrons. The summed E-state index contributed by atoms with van der Waals surface area (Å²) in [6.45, 7) is 6.13. The molecule has 0 aromatic carbocycles. The van der Waals surface area contributed by atoms with Gasteiger partial charge in [0.1, 0.15) is 0 Å². The number of urea groups is 1. The Morgan fingerprint density at radius 1 is 1.22 bits per heavy atom. The monoisotopic (exact) mass is 326 g/mol. The van der Waals surface area contributed by atoms with Crippen molar-refractivity contribution in [1.29, 1.82) is 0 Å². The molecule has 23 heavy (non-hydrogen) atoms. The van der Waals surface area contributed by atoms with Crippen LogP contribution in [0, 0.1) is 17.8 Å². The van der Waals surface area contributed by atoms with Crippen molar-refractivity contribution in [2.45, 2.75) is 52.1 Å². The number of nitrogens with zero attached hydrogens (tertiary/aromatic N) is 1. The summed E-state index contributed by atoms with van der Waals surface area (Å²) in [5, 5.41) is 12.0. The van der Waals surface area contributed by atoms with Crippen LogP contribution in [0.15, 0.2) is 0 Å². The van der Waals surface area contributed by atoms with E-state index < -0.39 is 11.9 Å². The summed E-state index contributed by atoms with van der Waals surface area (Å²) in [6.07, 6.45) is 5.80. The van der Waals surface area contributed by atoms with Gasteiger partial charge in [0.15, 0.2) is 0 Å². The second kappa shape index (κ2) is 8.52. The van der Waals surface area contributed by atoms with Gasteiger partial charge in [0, 0.05) is 19.6 Å². The first-order valence-corrected chi connectivity index (χ1v) is 8.84. The van der Waals surface area contributed by atoms with Crippen molar-refractivity contribution in [2.24, 2.45) is 17.8 Å². The van der Waals surface area contributed by atoms with Gasteiger partial charge < -0.3 is 20.1 Å². The Bertz CT molecular complexity index is 415. The molecular weight excluding hydrogens is 296 g/mol. The zero-order chi connectivity index (χ0) is 16.8. The maximum atomic E-state index is 12.2. The predicted octanol–water partition coefficient (Wildman–Crippen LogP) is 2.33. The molecule has 0 aromatic heterocycles. The molecule has 2 amide bonds. The summed E-state index contributed by atoms with van der Waals surface area (Å²) < 4.78 is 5.89. The lowest BCUT2D eigenvalue weighted by Crippen LogP contribution is -2.50. The van der Waals surface area contributed by atoms with E-state index in [1.165, 1.54) is 19.3 Å². The van der Waals surface area contributed by atoms with E-state index in [-0.39, 0.29) is 11.9 Å². The number of amides is 2. The third-order valence-electron chi connectivity index (χ3n) is 5.04. The first kappa shape index (κ1) is 18.0. The molecule has 1 heterocycles. The minimum Gasteiger partial charge on any atom is -0.481 e. The van der Waals surface area contributed by atoms with Gasteiger partial charge in [0.25, 0.3) is 0 Å². The van der Waals surface area contributed by atoms with Crippen LogP contribution in [0.5, 0.6) is 0 Å². The van der Waals surface area contributed by atoms with Crippen LogP contribution in [0.25, 0.3) is 0 Å². The van der Waals surface area contributed by atoms with Crippen LogP contribution in [0.2, 0.25) is 0 Å². The number of carboxylic acids is 1. The summed E-state index contributed by atoms with van der Waals surface area (Å²) in [7, 11) is 0. The average Bonchev–Trinajstić information content (AvgIpc) is 2.52. The van der Waals surface area contributed by atoms with Crippen molar-refractivity contribution in [1.82, 2.24) is 10.2 Å². The molecule has 1 saturated carbocycles. The highest BCUT2D eigenvalue weighted by Gasteiger charge is 2.31. The molecule has 0 spiro atoms. The minimum absolute atomic E-state index is 0.178. The molecule has 0 radical (unpaired) electrons. The van der Waals surface area contributed by atoms with Gasteiger partial charge in [-0.25, -0.2) is 4.79 Å². The van der Waals surface area contributed by atoms with E-state index in [0.29, 0.717) is 44.7 Å². The predicted molar refractivity (Wildman–Crippen MR) is 87.3 cm³/mol. The summed E-state index contributed by atoms with van der Waals surface area (Å²) in [5.41, 5.74) is 0. The molecule has 2 aliphatic rings. The summed E-state index contributed by atoms with van der Waals surface area (Å²) in [5.74, 6) is -0.457. The van der Waals surface area contributed by atoms with E-state index in [2.05, 4.69) is 12.2 Å². The number of carboxylic acid groups (broad SMARTS) is 1. The smallest absolute Gasteiger partial charge is 0.317 e.